The molecular weight excluding hydrogens is 382 g/mol. The summed E-state index contributed by atoms with van der Waals surface area (Å²) < 4.78 is 0. The molecule has 1 saturated heterocycles. The minimum Gasteiger partial charge on any atom is -0.508 e. The highest BCUT2D eigenvalue weighted by atomic mass is 16.3. The zero-order valence-corrected chi connectivity index (χ0v) is 18.9. The Balaban J connectivity index is 1.62. The Morgan fingerprint density at radius 3 is 2.16 bits per heavy atom. The van der Waals surface area contributed by atoms with Gasteiger partial charge in [0.25, 0.3) is 0 Å². The second kappa shape index (κ2) is 9.11. The van der Waals surface area contributed by atoms with Crippen molar-refractivity contribution >= 4 is 5.82 Å². The van der Waals surface area contributed by atoms with Crippen molar-refractivity contribution in [3.63, 3.8) is 0 Å². The minimum atomic E-state index is 0.135. The zero-order valence-electron chi connectivity index (χ0n) is 18.9. The maximum absolute atomic E-state index is 9.66. The van der Waals surface area contributed by atoms with Crippen molar-refractivity contribution in [3.05, 3.63) is 66.2 Å². The van der Waals surface area contributed by atoms with E-state index in [1.807, 2.05) is 12.1 Å². The smallest absolute Gasteiger partial charge is 0.127 e. The Labute approximate surface area is 186 Å². The number of nitrogens with zero attached hydrogens (tertiary/aromatic N) is 2. The van der Waals surface area contributed by atoms with Gasteiger partial charge in [0.15, 0.2) is 0 Å². The van der Waals surface area contributed by atoms with Crippen molar-refractivity contribution < 1.29 is 5.11 Å². The number of phenols is 1. The average Bonchev–Trinajstić information content (AvgIpc) is 3.27. The molecule has 1 aliphatic heterocycles. The van der Waals surface area contributed by atoms with E-state index in [9.17, 15) is 5.11 Å². The van der Waals surface area contributed by atoms with Crippen LogP contribution in [0.1, 0.15) is 39.2 Å². The molecule has 0 aliphatic carbocycles. The maximum Gasteiger partial charge on any atom is 0.127 e. The molecule has 0 spiro atoms. The summed E-state index contributed by atoms with van der Waals surface area (Å²) in [5, 5.41) is 13.2. The van der Waals surface area contributed by atoms with Crippen molar-refractivity contribution in [2.75, 3.05) is 31.5 Å². The zero-order chi connectivity index (χ0) is 21.8. The number of aromatic hydroxyl groups is 1. The highest BCUT2D eigenvalue weighted by Gasteiger charge is 2.14. The first-order chi connectivity index (χ1) is 14.9. The number of hydrogen-bond acceptors (Lipinski definition) is 4. The van der Waals surface area contributed by atoms with Crippen LogP contribution in [0.2, 0.25) is 0 Å². The molecule has 0 unspecified atom stereocenters. The summed E-state index contributed by atoms with van der Waals surface area (Å²) in [4.78, 5) is 7.37. The molecular formula is C27H33N3O. The van der Waals surface area contributed by atoms with Crippen LogP contribution in [-0.4, -0.2) is 41.2 Å². The monoisotopic (exact) mass is 415 g/mol. The third kappa shape index (κ3) is 5.45. The average molecular weight is 416 g/mol. The number of pyridine rings is 1. The Morgan fingerprint density at radius 2 is 1.52 bits per heavy atom. The Morgan fingerprint density at radius 1 is 0.871 bits per heavy atom. The highest BCUT2D eigenvalue weighted by molar-refractivity contribution is 5.74. The number of aromatic nitrogens is 1. The molecule has 1 fully saturated rings. The van der Waals surface area contributed by atoms with E-state index in [-0.39, 0.29) is 11.2 Å². The van der Waals surface area contributed by atoms with E-state index in [0.29, 0.717) is 0 Å². The van der Waals surface area contributed by atoms with Crippen molar-refractivity contribution in [3.8, 4) is 28.1 Å². The molecule has 3 aromatic rings. The fraction of sp³-hybridized carbons (Fsp3) is 0.370. The Kier molecular flexibility index (Phi) is 6.28. The Hall–Kier alpha value is -2.85. The third-order valence-corrected chi connectivity index (χ3v) is 6.01. The van der Waals surface area contributed by atoms with Crippen LogP contribution in [0.25, 0.3) is 22.4 Å². The lowest BCUT2D eigenvalue weighted by Crippen LogP contribution is -2.26. The lowest BCUT2D eigenvalue weighted by atomic mass is 9.86. The Bertz CT molecular complexity index is 998. The number of anilines is 1. The van der Waals surface area contributed by atoms with E-state index in [0.717, 1.165) is 35.7 Å². The number of likely N-dealkylation sites (tertiary alicyclic amines) is 1. The van der Waals surface area contributed by atoms with Gasteiger partial charge in [0, 0.05) is 18.7 Å². The standard InChI is InChI=1S/C27H33N3O/c1-27(2,3)23-10-6-20(7-11-23)22-18-25(21-8-12-24(31)13-9-21)29-26(19-22)28-14-17-30-15-4-5-16-30/h6-13,18-19,31H,4-5,14-17H2,1-3H3,(H,28,29). The molecule has 162 valence electrons. The summed E-state index contributed by atoms with van der Waals surface area (Å²) in [5.74, 6) is 1.15. The number of benzene rings is 2. The molecule has 0 bridgehead atoms. The summed E-state index contributed by atoms with van der Waals surface area (Å²) in [5.41, 5.74) is 5.68. The van der Waals surface area contributed by atoms with Gasteiger partial charge in [0.2, 0.25) is 0 Å². The molecule has 2 aromatic carbocycles. The predicted octanol–water partition coefficient (Wildman–Crippen LogP) is 5.93. The van der Waals surface area contributed by atoms with Crippen LogP contribution in [0, 0.1) is 0 Å². The van der Waals surface area contributed by atoms with Crippen molar-refractivity contribution in [1.82, 2.24) is 9.88 Å². The van der Waals surface area contributed by atoms with Crippen LogP contribution >= 0.6 is 0 Å². The molecule has 31 heavy (non-hydrogen) atoms. The van der Waals surface area contributed by atoms with Crippen LogP contribution in [0.3, 0.4) is 0 Å². The number of nitrogens with one attached hydrogen (secondary N) is 1. The van der Waals surface area contributed by atoms with Crippen LogP contribution in [0.4, 0.5) is 5.82 Å². The first-order valence-electron chi connectivity index (χ1n) is 11.3. The third-order valence-electron chi connectivity index (χ3n) is 6.01. The number of rotatable bonds is 6. The first-order valence-corrected chi connectivity index (χ1v) is 11.3. The highest BCUT2D eigenvalue weighted by Crippen LogP contribution is 2.30. The topological polar surface area (TPSA) is 48.4 Å². The van der Waals surface area contributed by atoms with Crippen LogP contribution < -0.4 is 5.32 Å². The van der Waals surface area contributed by atoms with Gasteiger partial charge in [0.1, 0.15) is 11.6 Å². The second-order valence-electron chi connectivity index (χ2n) is 9.48. The fourth-order valence-corrected chi connectivity index (χ4v) is 4.08. The molecule has 2 N–H and O–H groups in total. The summed E-state index contributed by atoms with van der Waals surface area (Å²) in [6, 6.07) is 20.4. The SMILES string of the molecule is CC(C)(C)c1ccc(-c2cc(NCCN3CCCC3)nc(-c3ccc(O)cc3)c2)cc1. The summed E-state index contributed by atoms with van der Waals surface area (Å²) in [6.07, 6.45) is 2.62. The van der Waals surface area contributed by atoms with Crippen molar-refractivity contribution in [2.45, 2.75) is 39.0 Å². The lowest BCUT2D eigenvalue weighted by Gasteiger charge is -2.19. The molecule has 2 heterocycles. The molecule has 4 heteroatoms. The molecule has 0 atom stereocenters. The molecule has 0 amide bonds. The van der Waals surface area contributed by atoms with Gasteiger partial charge < -0.3 is 15.3 Å². The van der Waals surface area contributed by atoms with E-state index < -0.39 is 0 Å². The molecule has 4 nitrogen and oxygen atoms in total. The van der Waals surface area contributed by atoms with Crippen molar-refractivity contribution in [2.24, 2.45) is 0 Å². The van der Waals surface area contributed by atoms with Gasteiger partial charge >= 0.3 is 0 Å². The van der Waals surface area contributed by atoms with E-state index >= 15 is 0 Å². The van der Waals surface area contributed by atoms with E-state index in [2.05, 4.69) is 67.4 Å². The normalized spacial score (nSPS) is 14.7. The molecule has 1 aliphatic rings. The van der Waals surface area contributed by atoms with Gasteiger partial charge in [0.05, 0.1) is 5.69 Å². The van der Waals surface area contributed by atoms with E-state index in [1.165, 1.54) is 37.1 Å². The fourth-order valence-electron chi connectivity index (χ4n) is 4.08. The number of phenolic OH excluding ortho intramolecular Hbond substituents is 1. The largest absolute Gasteiger partial charge is 0.508 e. The second-order valence-corrected chi connectivity index (χ2v) is 9.48. The molecule has 0 radical (unpaired) electrons. The van der Waals surface area contributed by atoms with Gasteiger partial charge in [-0.3, -0.25) is 0 Å². The summed E-state index contributed by atoms with van der Waals surface area (Å²) >= 11 is 0. The van der Waals surface area contributed by atoms with Crippen LogP contribution in [0.5, 0.6) is 5.75 Å². The van der Waals surface area contributed by atoms with Gasteiger partial charge in [-0.15, -0.1) is 0 Å². The van der Waals surface area contributed by atoms with Gasteiger partial charge in [-0.1, -0.05) is 45.0 Å². The molecule has 0 saturated carbocycles. The van der Waals surface area contributed by atoms with Gasteiger partial charge in [-0.05, 0) is 84.4 Å². The predicted molar refractivity (Wildman–Crippen MR) is 130 cm³/mol. The number of hydrogen-bond donors (Lipinski definition) is 2. The van der Waals surface area contributed by atoms with Gasteiger partial charge in [-0.25, -0.2) is 4.98 Å². The molecule has 4 rings (SSSR count). The van der Waals surface area contributed by atoms with E-state index in [1.54, 1.807) is 12.1 Å². The summed E-state index contributed by atoms with van der Waals surface area (Å²) in [7, 11) is 0. The van der Waals surface area contributed by atoms with E-state index in [4.69, 9.17) is 4.98 Å². The minimum absolute atomic E-state index is 0.135. The first kappa shape index (κ1) is 21.4. The lowest BCUT2D eigenvalue weighted by molar-refractivity contribution is 0.352. The van der Waals surface area contributed by atoms with Gasteiger partial charge in [-0.2, -0.15) is 0 Å². The van der Waals surface area contributed by atoms with Crippen LogP contribution in [0.15, 0.2) is 60.7 Å². The van der Waals surface area contributed by atoms with Crippen molar-refractivity contribution in [1.29, 1.82) is 0 Å². The maximum atomic E-state index is 9.66. The quantitative estimate of drug-likeness (QED) is 0.524. The van der Waals surface area contributed by atoms with Crippen LogP contribution in [-0.2, 0) is 5.41 Å². The summed E-state index contributed by atoms with van der Waals surface area (Å²) in [6.45, 7) is 11.0. The molecule has 1 aromatic heterocycles.